The summed E-state index contributed by atoms with van der Waals surface area (Å²) in [4.78, 5) is 25.9. The Kier molecular flexibility index (Phi) is 9.73. The first-order valence-electron chi connectivity index (χ1n) is 9.00. The van der Waals surface area contributed by atoms with Crippen LogP contribution < -0.4 is 4.74 Å². The van der Waals surface area contributed by atoms with Crippen LogP contribution in [0.2, 0.25) is 0 Å². The molecule has 1 rings (SSSR count). The Morgan fingerprint density at radius 1 is 1.12 bits per heavy atom. The highest BCUT2D eigenvalue weighted by atomic mass is 16.5. The highest BCUT2D eigenvalue weighted by Crippen LogP contribution is 2.12. The van der Waals surface area contributed by atoms with Crippen LogP contribution in [0.25, 0.3) is 0 Å². The lowest BCUT2D eigenvalue weighted by atomic mass is 10.1. The van der Waals surface area contributed by atoms with Crippen molar-refractivity contribution in [2.24, 2.45) is 5.92 Å². The summed E-state index contributed by atoms with van der Waals surface area (Å²) in [5.41, 5.74) is 1.13. The van der Waals surface area contributed by atoms with E-state index in [0.717, 1.165) is 5.56 Å². The van der Waals surface area contributed by atoms with Crippen LogP contribution in [0.1, 0.15) is 32.8 Å². The van der Waals surface area contributed by atoms with E-state index < -0.39 is 5.92 Å². The van der Waals surface area contributed by atoms with E-state index >= 15 is 0 Å². The first kappa shape index (κ1) is 22.0. The standard InChI is InChI=1S/C20H31NO5/c1-15(2)25-12-6-11-21(13-17(4)20(23)24-5)19(22)14-26-18-9-7-16(3)8-10-18/h7-10,15,17H,6,11-14H2,1-5H3. The van der Waals surface area contributed by atoms with E-state index in [9.17, 15) is 9.59 Å². The fourth-order valence-electron chi connectivity index (χ4n) is 2.37. The van der Waals surface area contributed by atoms with Crippen LogP contribution in [0.3, 0.4) is 0 Å². The summed E-state index contributed by atoms with van der Waals surface area (Å²) in [5, 5.41) is 0. The number of hydrogen-bond acceptors (Lipinski definition) is 5. The predicted molar refractivity (Wildman–Crippen MR) is 100 cm³/mol. The molecule has 6 nitrogen and oxygen atoms in total. The zero-order valence-corrected chi connectivity index (χ0v) is 16.5. The largest absolute Gasteiger partial charge is 0.484 e. The minimum atomic E-state index is -0.394. The summed E-state index contributed by atoms with van der Waals surface area (Å²) in [5.74, 6) is -0.242. The average molecular weight is 365 g/mol. The highest BCUT2D eigenvalue weighted by Gasteiger charge is 2.21. The van der Waals surface area contributed by atoms with Crippen LogP contribution in [0, 0.1) is 12.8 Å². The minimum Gasteiger partial charge on any atom is -0.484 e. The molecule has 1 atom stereocenters. The van der Waals surface area contributed by atoms with Gasteiger partial charge in [0, 0.05) is 19.7 Å². The van der Waals surface area contributed by atoms with Gasteiger partial charge in [0.05, 0.1) is 19.1 Å². The Morgan fingerprint density at radius 2 is 1.77 bits per heavy atom. The van der Waals surface area contributed by atoms with Gasteiger partial charge in [-0.1, -0.05) is 24.6 Å². The third-order valence-electron chi connectivity index (χ3n) is 3.86. The van der Waals surface area contributed by atoms with Gasteiger partial charge in [-0.2, -0.15) is 0 Å². The zero-order valence-electron chi connectivity index (χ0n) is 16.5. The second-order valence-corrected chi connectivity index (χ2v) is 6.64. The topological polar surface area (TPSA) is 65.1 Å². The molecule has 0 aromatic heterocycles. The van der Waals surface area contributed by atoms with Gasteiger partial charge >= 0.3 is 5.97 Å². The first-order valence-corrected chi connectivity index (χ1v) is 9.00. The molecule has 1 unspecified atom stereocenters. The fraction of sp³-hybridized carbons (Fsp3) is 0.600. The number of nitrogens with zero attached hydrogens (tertiary/aromatic N) is 1. The van der Waals surface area contributed by atoms with Gasteiger partial charge in [-0.15, -0.1) is 0 Å². The molecule has 26 heavy (non-hydrogen) atoms. The second kappa shape index (κ2) is 11.5. The zero-order chi connectivity index (χ0) is 19.5. The number of benzene rings is 1. The van der Waals surface area contributed by atoms with Gasteiger partial charge in [-0.25, -0.2) is 0 Å². The van der Waals surface area contributed by atoms with E-state index in [-0.39, 0.29) is 24.6 Å². The number of aryl methyl sites for hydroxylation is 1. The van der Waals surface area contributed by atoms with E-state index in [1.165, 1.54) is 7.11 Å². The molecule has 0 heterocycles. The number of carbonyl (C=O) groups is 2. The summed E-state index contributed by atoms with van der Waals surface area (Å²) in [6.07, 6.45) is 0.848. The molecular formula is C20H31NO5. The number of rotatable bonds is 11. The molecule has 0 saturated heterocycles. The molecule has 0 radical (unpaired) electrons. The normalized spacial score (nSPS) is 11.9. The molecule has 6 heteroatoms. The Bertz CT molecular complexity index is 556. The Labute approximate surface area is 156 Å². The van der Waals surface area contributed by atoms with Crippen LogP contribution in [-0.4, -0.2) is 56.3 Å². The molecular weight excluding hydrogens is 334 g/mol. The van der Waals surface area contributed by atoms with Crippen molar-refractivity contribution < 1.29 is 23.8 Å². The lowest BCUT2D eigenvalue weighted by molar-refractivity contribution is -0.146. The maximum atomic E-state index is 12.6. The SMILES string of the molecule is COC(=O)C(C)CN(CCCOC(C)C)C(=O)COc1ccc(C)cc1. The number of esters is 1. The summed E-state index contributed by atoms with van der Waals surface area (Å²) in [7, 11) is 1.35. The van der Waals surface area contributed by atoms with Gasteiger partial charge < -0.3 is 19.1 Å². The third kappa shape index (κ3) is 8.34. The number of carbonyl (C=O) groups excluding carboxylic acids is 2. The van der Waals surface area contributed by atoms with E-state index in [1.54, 1.807) is 11.8 Å². The van der Waals surface area contributed by atoms with Crippen LogP contribution in [-0.2, 0) is 19.1 Å². The summed E-state index contributed by atoms with van der Waals surface area (Å²) >= 11 is 0. The number of methoxy groups -OCH3 is 1. The molecule has 0 N–H and O–H groups in total. The van der Waals surface area contributed by atoms with Crippen molar-refractivity contribution in [3.63, 3.8) is 0 Å². The van der Waals surface area contributed by atoms with E-state index in [2.05, 4.69) is 0 Å². The van der Waals surface area contributed by atoms with E-state index in [1.807, 2.05) is 45.0 Å². The van der Waals surface area contributed by atoms with E-state index in [0.29, 0.717) is 31.9 Å². The van der Waals surface area contributed by atoms with Crippen molar-refractivity contribution in [3.05, 3.63) is 29.8 Å². The molecule has 0 aliphatic heterocycles. The van der Waals surface area contributed by atoms with Crippen molar-refractivity contribution in [2.45, 2.75) is 40.2 Å². The molecule has 146 valence electrons. The van der Waals surface area contributed by atoms with Crippen molar-refractivity contribution in [3.8, 4) is 5.75 Å². The third-order valence-corrected chi connectivity index (χ3v) is 3.86. The van der Waals surface area contributed by atoms with Crippen LogP contribution in [0.4, 0.5) is 0 Å². The number of hydrogen-bond donors (Lipinski definition) is 0. The van der Waals surface area contributed by atoms with Gasteiger partial charge in [-0.05, 0) is 39.3 Å². The van der Waals surface area contributed by atoms with Gasteiger partial charge in [0.1, 0.15) is 5.75 Å². The molecule has 0 aliphatic rings. The molecule has 0 aliphatic carbocycles. The summed E-state index contributed by atoms with van der Waals surface area (Å²) in [6.45, 7) is 8.97. The van der Waals surface area contributed by atoms with Crippen molar-refractivity contribution >= 4 is 11.9 Å². The van der Waals surface area contributed by atoms with Crippen LogP contribution in [0.5, 0.6) is 5.75 Å². The Morgan fingerprint density at radius 3 is 2.35 bits per heavy atom. The van der Waals surface area contributed by atoms with E-state index in [4.69, 9.17) is 14.2 Å². The smallest absolute Gasteiger partial charge is 0.310 e. The molecule has 0 fully saturated rings. The average Bonchev–Trinajstić information content (AvgIpc) is 2.62. The fourth-order valence-corrected chi connectivity index (χ4v) is 2.37. The molecule has 0 bridgehead atoms. The molecule has 1 aromatic rings. The quantitative estimate of drug-likeness (QED) is 0.446. The molecule has 0 saturated carbocycles. The minimum absolute atomic E-state index is 0.0675. The molecule has 0 spiro atoms. The molecule has 1 aromatic carbocycles. The summed E-state index contributed by atoms with van der Waals surface area (Å²) in [6, 6.07) is 7.53. The van der Waals surface area contributed by atoms with Crippen molar-refractivity contribution in [1.82, 2.24) is 4.90 Å². The van der Waals surface area contributed by atoms with Crippen molar-refractivity contribution in [1.29, 1.82) is 0 Å². The monoisotopic (exact) mass is 365 g/mol. The predicted octanol–water partition coefficient (Wildman–Crippen LogP) is 2.83. The maximum Gasteiger partial charge on any atom is 0.310 e. The van der Waals surface area contributed by atoms with Gasteiger partial charge in [0.2, 0.25) is 0 Å². The maximum absolute atomic E-state index is 12.6. The lowest BCUT2D eigenvalue weighted by Gasteiger charge is -2.25. The van der Waals surface area contributed by atoms with Gasteiger partial charge in [-0.3, -0.25) is 9.59 Å². The Balaban J connectivity index is 2.60. The lowest BCUT2D eigenvalue weighted by Crippen LogP contribution is -2.40. The highest BCUT2D eigenvalue weighted by molar-refractivity contribution is 5.79. The Hall–Kier alpha value is -2.08. The first-order chi connectivity index (χ1) is 12.3. The van der Waals surface area contributed by atoms with Gasteiger partial charge in [0.25, 0.3) is 5.91 Å². The van der Waals surface area contributed by atoms with Gasteiger partial charge in [0.15, 0.2) is 6.61 Å². The number of ether oxygens (including phenoxy) is 3. The van der Waals surface area contributed by atoms with Crippen LogP contribution in [0.15, 0.2) is 24.3 Å². The van der Waals surface area contributed by atoms with Crippen molar-refractivity contribution in [2.75, 3.05) is 33.4 Å². The second-order valence-electron chi connectivity index (χ2n) is 6.64. The van der Waals surface area contributed by atoms with Crippen LogP contribution >= 0.6 is 0 Å². The molecule has 1 amide bonds. The summed E-state index contributed by atoms with van der Waals surface area (Å²) < 4.78 is 15.9. The number of amides is 1.